The van der Waals surface area contributed by atoms with Gasteiger partial charge in [0, 0.05) is 4.47 Å². The molecule has 0 radical (unpaired) electrons. The van der Waals surface area contributed by atoms with Gasteiger partial charge < -0.3 is 4.74 Å². The zero-order chi connectivity index (χ0) is 15.1. The Hall–Kier alpha value is -1.35. The smallest absolute Gasteiger partial charge is 0.165 e. The van der Waals surface area contributed by atoms with Crippen LogP contribution in [0.1, 0.15) is 32.6 Å². The van der Waals surface area contributed by atoms with E-state index in [1.807, 2.05) is 30.3 Å². The monoisotopic (exact) mass is 350 g/mol. The van der Waals surface area contributed by atoms with Gasteiger partial charge in [0.05, 0.1) is 6.61 Å². The highest BCUT2D eigenvalue weighted by Gasteiger charge is 2.06. The number of ether oxygens (including phenoxy) is 1. The lowest BCUT2D eigenvalue weighted by Gasteiger charge is -2.09. The third-order valence-electron chi connectivity index (χ3n) is 3.36. The average molecular weight is 351 g/mol. The van der Waals surface area contributed by atoms with Gasteiger partial charge >= 0.3 is 0 Å². The first-order valence-electron chi connectivity index (χ1n) is 7.39. The normalized spacial score (nSPS) is 10.6. The Balaban J connectivity index is 1.98. The molecule has 0 N–H and O–H groups in total. The minimum Gasteiger partial charge on any atom is -0.491 e. The van der Waals surface area contributed by atoms with E-state index in [9.17, 15) is 4.39 Å². The summed E-state index contributed by atoms with van der Waals surface area (Å²) in [5.74, 6) is 0.0401. The van der Waals surface area contributed by atoms with E-state index in [0.717, 1.165) is 28.4 Å². The maximum absolute atomic E-state index is 14.1. The molecule has 2 aromatic rings. The number of hydrogen-bond donors (Lipinski definition) is 0. The van der Waals surface area contributed by atoms with Crippen LogP contribution in [0.3, 0.4) is 0 Å². The highest BCUT2D eigenvalue weighted by molar-refractivity contribution is 9.10. The topological polar surface area (TPSA) is 9.23 Å². The lowest BCUT2D eigenvalue weighted by atomic mass is 10.1. The van der Waals surface area contributed by atoms with Crippen LogP contribution in [0, 0.1) is 5.82 Å². The summed E-state index contributed by atoms with van der Waals surface area (Å²) in [6.07, 6.45) is 4.50. The van der Waals surface area contributed by atoms with Gasteiger partial charge in [-0.15, -0.1) is 0 Å². The summed E-state index contributed by atoms with van der Waals surface area (Å²) in [5, 5.41) is 0. The quantitative estimate of drug-likeness (QED) is 0.539. The summed E-state index contributed by atoms with van der Waals surface area (Å²) in [6, 6.07) is 13.0. The first kappa shape index (κ1) is 16.0. The molecule has 0 spiro atoms. The second-order valence-corrected chi connectivity index (χ2v) is 5.98. The molecule has 0 heterocycles. The summed E-state index contributed by atoms with van der Waals surface area (Å²) in [4.78, 5) is 0. The first-order valence-corrected chi connectivity index (χ1v) is 8.18. The molecule has 0 aliphatic carbocycles. The van der Waals surface area contributed by atoms with Crippen molar-refractivity contribution in [2.45, 2.75) is 32.6 Å². The molecular formula is C18H20BrFO. The second kappa shape index (κ2) is 8.18. The van der Waals surface area contributed by atoms with Gasteiger partial charge in [-0.1, -0.05) is 60.3 Å². The first-order chi connectivity index (χ1) is 10.2. The Labute approximate surface area is 134 Å². The molecule has 0 saturated carbocycles. The molecule has 0 atom stereocenters. The van der Waals surface area contributed by atoms with E-state index in [0.29, 0.717) is 12.4 Å². The molecule has 1 nitrogen and oxygen atoms in total. The van der Waals surface area contributed by atoms with Crippen molar-refractivity contribution in [2.75, 3.05) is 6.61 Å². The maximum Gasteiger partial charge on any atom is 0.165 e. The van der Waals surface area contributed by atoms with E-state index in [4.69, 9.17) is 4.74 Å². The molecule has 2 aromatic carbocycles. The standard InChI is InChI=1S/C18H20BrFO/c1-2-3-4-5-12-21-18-11-8-15(13-17(18)20)14-6-9-16(19)10-7-14/h6-11,13H,2-5,12H2,1H3. The van der Waals surface area contributed by atoms with Crippen LogP contribution in [0.2, 0.25) is 0 Å². The summed E-state index contributed by atoms with van der Waals surface area (Å²) in [5.41, 5.74) is 1.85. The fraction of sp³-hybridized carbons (Fsp3) is 0.333. The molecule has 0 unspecified atom stereocenters. The van der Waals surface area contributed by atoms with Crippen LogP contribution in [0.5, 0.6) is 5.75 Å². The van der Waals surface area contributed by atoms with Gasteiger partial charge in [0.2, 0.25) is 0 Å². The van der Waals surface area contributed by atoms with Crippen molar-refractivity contribution in [3.63, 3.8) is 0 Å². The van der Waals surface area contributed by atoms with Crippen LogP contribution in [0.4, 0.5) is 4.39 Å². The van der Waals surface area contributed by atoms with E-state index in [2.05, 4.69) is 22.9 Å². The second-order valence-electron chi connectivity index (χ2n) is 5.06. The molecule has 2 rings (SSSR count). The van der Waals surface area contributed by atoms with Crippen molar-refractivity contribution in [3.05, 3.63) is 52.8 Å². The van der Waals surface area contributed by atoms with Crippen molar-refractivity contribution in [1.82, 2.24) is 0 Å². The molecule has 0 amide bonds. The molecule has 0 bridgehead atoms. The predicted molar refractivity (Wildman–Crippen MR) is 89.2 cm³/mol. The third kappa shape index (κ3) is 4.85. The van der Waals surface area contributed by atoms with Crippen molar-refractivity contribution in [2.24, 2.45) is 0 Å². The van der Waals surface area contributed by atoms with Gasteiger partial charge in [-0.25, -0.2) is 4.39 Å². The third-order valence-corrected chi connectivity index (χ3v) is 3.89. The van der Waals surface area contributed by atoms with Crippen LogP contribution >= 0.6 is 15.9 Å². The lowest BCUT2D eigenvalue weighted by molar-refractivity contribution is 0.290. The van der Waals surface area contributed by atoms with Crippen LogP contribution in [-0.4, -0.2) is 6.61 Å². The molecule has 112 valence electrons. The SMILES string of the molecule is CCCCCCOc1ccc(-c2ccc(Br)cc2)cc1F. The Kier molecular flexibility index (Phi) is 6.24. The molecular weight excluding hydrogens is 331 g/mol. The molecule has 3 heteroatoms. The minimum absolute atomic E-state index is 0.300. The number of rotatable bonds is 7. The molecule has 0 aromatic heterocycles. The van der Waals surface area contributed by atoms with Crippen LogP contribution in [0.15, 0.2) is 46.9 Å². The Bertz CT molecular complexity index is 566. The van der Waals surface area contributed by atoms with Gasteiger partial charge in [0.15, 0.2) is 11.6 Å². The van der Waals surface area contributed by atoms with Crippen molar-refractivity contribution >= 4 is 15.9 Å². The highest BCUT2D eigenvalue weighted by atomic mass is 79.9. The van der Waals surface area contributed by atoms with Crippen LogP contribution < -0.4 is 4.74 Å². The number of unbranched alkanes of at least 4 members (excludes halogenated alkanes) is 3. The molecule has 0 aliphatic rings. The number of hydrogen-bond acceptors (Lipinski definition) is 1. The van der Waals surface area contributed by atoms with Crippen molar-refractivity contribution < 1.29 is 9.13 Å². The number of halogens is 2. The minimum atomic E-state index is -0.300. The van der Waals surface area contributed by atoms with Crippen molar-refractivity contribution in [1.29, 1.82) is 0 Å². The van der Waals surface area contributed by atoms with Gasteiger partial charge in [-0.2, -0.15) is 0 Å². The highest BCUT2D eigenvalue weighted by Crippen LogP contribution is 2.26. The Morgan fingerprint density at radius 3 is 2.33 bits per heavy atom. The predicted octanol–water partition coefficient (Wildman–Crippen LogP) is 6.21. The maximum atomic E-state index is 14.1. The molecule has 0 aliphatic heterocycles. The van der Waals surface area contributed by atoms with E-state index >= 15 is 0 Å². The fourth-order valence-electron chi connectivity index (χ4n) is 2.15. The van der Waals surface area contributed by atoms with Crippen LogP contribution in [0.25, 0.3) is 11.1 Å². The summed E-state index contributed by atoms with van der Waals surface area (Å²) in [7, 11) is 0. The Morgan fingerprint density at radius 2 is 1.67 bits per heavy atom. The van der Waals surface area contributed by atoms with Gasteiger partial charge in [-0.05, 0) is 41.8 Å². The van der Waals surface area contributed by atoms with Gasteiger partial charge in [-0.3, -0.25) is 0 Å². The summed E-state index contributed by atoms with van der Waals surface area (Å²) < 4.78 is 20.6. The van der Waals surface area contributed by atoms with E-state index in [1.165, 1.54) is 18.9 Å². The van der Waals surface area contributed by atoms with E-state index in [-0.39, 0.29) is 5.82 Å². The molecule has 21 heavy (non-hydrogen) atoms. The van der Waals surface area contributed by atoms with E-state index in [1.54, 1.807) is 6.07 Å². The van der Waals surface area contributed by atoms with Gasteiger partial charge in [0.25, 0.3) is 0 Å². The number of benzene rings is 2. The lowest BCUT2D eigenvalue weighted by Crippen LogP contribution is -1.99. The molecule has 0 saturated heterocycles. The zero-order valence-corrected chi connectivity index (χ0v) is 13.8. The fourth-order valence-corrected chi connectivity index (χ4v) is 2.42. The van der Waals surface area contributed by atoms with Crippen molar-refractivity contribution in [3.8, 4) is 16.9 Å². The summed E-state index contributed by atoms with van der Waals surface area (Å²) in [6.45, 7) is 2.75. The Morgan fingerprint density at radius 1 is 0.952 bits per heavy atom. The zero-order valence-electron chi connectivity index (χ0n) is 12.2. The van der Waals surface area contributed by atoms with E-state index < -0.39 is 0 Å². The largest absolute Gasteiger partial charge is 0.491 e. The van der Waals surface area contributed by atoms with Crippen LogP contribution in [-0.2, 0) is 0 Å². The van der Waals surface area contributed by atoms with Gasteiger partial charge in [0.1, 0.15) is 0 Å². The average Bonchev–Trinajstić information content (AvgIpc) is 2.49. The molecule has 0 fully saturated rings. The summed E-state index contributed by atoms with van der Waals surface area (Å²) >= 11 is 3.40.